The van der Waals surface area contributed by atoms with Crippen molar-refractivity contribution in [3.8, 4) is 0 Å². The molecule has 2 aliphatic heterocycles. The van der Waals surface area contributed by atoms with Gasteiger partial charge < -0.3 is 24.1 Å². The minimum Gasteiger partial charge on any atom is -0.394 e. The van der Waals surface area contributed by atoms with Gasteiger partial charge in [0.15, 0.2) is 12.6 Å². The molecular formula is C27H28O8S. The molecule has 0 unspecified atom stereocenters. The van der Waals surface area contributed by atoms with Gasteiger partial charge in [-0.3, -0.25) is 4.18 Å². The summed E-state index contributed by atoms with van der Waals surface area (Å²) in [6.07, 6.45) is -4.63. The summed E-state index contributed by atoms with van der Waals surface area (Å²) >= 11 is 0. The van der Waals surface area contributed by atoms with E-state index in [0.29, 0.717) is 0 Å². The summed E-state index contributed by atoms with van der Waals surface area (Å²) < 4.78 is 55.9. The molecule has 1 N–H and O–H groups in total. The number of benzene rings is 3. The molecule has 0 saturated carbocycles. The third-order valence-electron chi connectivity index (χ3n) is 6.24. The molecule has 0 bridgehead atoms. The summed E-state index contributed by atoms with van der Waals surface area (Å²) in [5.41, 5.74) is 2.43. The summed E-state index contributed by atoms with van der Waals surface area (Å²) in [5.74, 6) is 0. The van der Waals surface area contributed by atoms with Crippen LogP contribution in [0.25, 0.3) is 0 Å². The maximum Gasteiger partial charge on any atom is 0.297 e. The van der Waals surface area contributed by atoms with Gasteiger partial charge in [-0.25, -0.2) is 0 Å². The average molecular weight is 513 g/mol. The van der Waals surface area contributed by atoms with Crippen LogP contribution in [0, 0.1) is 6.92 Å². The molecule has 6 atom stereocenters. The Hall–Kier alpha value is -2.63. The molecule has 36 heavy (non-hydrogen) atoms. The first-order chi connectivity index (χ1) is 17.4. The second-order valence-electron chi connectivity index (χ2n) is 8.77. The largest absolute Gasteiger partial charge is 0.394 e. The fraction of sp³-hybridized carbons (Fsp3) is 0.333. The van der Waals surface area contributed by atoms with Crippen molar-refractivity contribution in [3.05, 3.63) is 102 Å². The lowest BCUT2D eigenvalue weighted by atomic mass is 9.99. The van der Waals surface area contributed by atoms with E-state index < -0.39 is 47.1 Å². The van der Waals surface area contributed by atoms with Gasteiger partial charge in [0.2, 0.25) is 0 Å². The number of aliphatic hydroxyl groups excluding tert-OH is 1. The molecule has 2 aliphatic rings. The Bertz CT molecular complexity index is 1230. The van der Waals surface area contributed by atoms with Crippen LogP contribution in [-0.2, 0) is 33.2 Å². The van der Waals surface area contributed by atoms with Crippen molar-refractivity contribution in [1.29, 1.82) is 0 Å². The van der Waals surface area contributed by atoms with Crippen molar-refractivity contribution >= 4 is 10.1 Å². The molecule has 3 aromatic carbocycles. The number of hydrogen-bond donors (Lipinski definition) is 1. The Kier molecular flexibility index (Phi) is 7.49. The highest BCUT2D eigenvalue weighted by molar-refractivity contribution is 7.86. The fourth-order valence-corrected chi connectivity index (χ4v) is 5.24. The van der Waals surface area contributed by atoms with E-state index in [0.717, 1.165) is 16.7 Å². The molecule has 2 fully saturated rings. The van der Waals surface area contributed by atoms with Crippen LogP contribution in [0.15, 0.2) is 89.8 Å². The average Bonchev–Trinajstić information content (AvgIpc) is 2.92. The van der Waals surface area contributed by atoms with Crippen LogP contribution in [0.2, 0.25) is 0 Å². The normalized spacial score (nSPS) is 28.4. The highest BCUT2D eigenvalue weighted by atomic mass is 32.2. The van der Waals surface area contributed by atoms with Crippen LogP contribution in [0.3, 0.4) is 0 Å². The van der Waals surface area contributed by atoms with Crippen LogP contribution >= 0.6 is 0 Å². The minimum absolute atomic E-state index is 0.0552. The summed E-state index contributed by atoms with van der Waals surface area (Å²) in [6.45, 7) is 1.26. The zero-order valence-electron chi connectivity index (χ0n) is 19.7. The number of fused-ring (bicyclic) bond motifs is 1. The topological polar surface area (TPSA) is 101 Å². The highest BCUT2D eigenvalue weighted by Crippen LogP contribution is 2.40. The van der Waals surface area contributed by atoms with Crippen LogP contribution in [0.5, 0.6) is 0 Å². The molecule has 3 aromatic rings. The number of aliphatic hydroxyl groups is 1. The van der Waals surface area contributed by atoms with E-state index in [2.05, 4.69) is 0 Å². The first-order valence-corrected chi connectivity index (χ1v) is 13.1. The second kappa shape index (κ2) is 10.8. The van der Waals surface area contributed by atoms with Crippen LogP contribution in [0.4, 0.5) is 0 Å². The maximum atomic E-state index is 12.9. The molecular weight excluding hydrogens is 484 g/mol. The molecule has 2 saturated heterocycles. The van der Waals surface area contributed by atoms with Gasteiger partial charge in [-0.15, -0.1) is 0 Å². The number of hydrogen-bond acceptors (Lipinski definition) is 8. The van der Waals surface area contributed by atoms with Gasteiger partial charge in [-0.05, 0) is 19.1 Å². The Morgan fingerprint density at radius 1 is 0.722 bits per heavy atom. The lowest BCUT2D eigenvalue weighted by molar-refractivity contribution is -0.386. The smallest absolute Gasteiger partial charge is 0.297 e. The SMILES string of the molecule is Cc1ccc(S(=O)(=O)OC[C@H]2O[C@@H](c3ccccc3)O[C@H]3[C@@H]2O[C@@H](c2ccccc2)O[C@H]3CO)cc1. The molecule has 9 heteroatoms. The monoisotopic (exact) mass is 512 g/mol. The quantitative estimate of drug-likeness (QED) is 0.479. The van der Waals surface area contributed by atoms with Gasteiger partial charge in [0.25, 0.3) is 10.1 Å². The lowest BCUT2D eigenvalue weighted by Gasteiger charge is -2.48. The van der Waals surface area contributed by atoms with Gasteiger partial charge >= 0.3 is 0 Å². The molecule has 8 nitrogen and oxygen atoms in total. The van der Waals surface area contributed by atoms with E-state index in [4.69, 9.17) is 23.1 Å². The van der Waals surface area contributed by atoms with Crippen molar-refractivity contribution in [1.82, 2.24) is 0 Å². The van der Waals surface area contributed by atoms with Crippen LogP contribution in [-0.4, -0.2) is 51.2 Å². The van der Waals surface area contributed by atoms with Crippen LogP contribution in [0.1, 0.15) is 29.3 Å². The predicted octanol–water partition coefficient (Wildman–Crippen LogP) is 3.66. The van der Waals surface area contributed by atoms with Crippen molar-refractivity contribution < 1.29 is 36.7 Å². The summed E-state index contributed by atoms with van der Waals surface area (Å²) in [5, 5.41) is 10.1. The molecule has 190 valence electrons. The zero-order chi connectivity index (χ0) is 25.1. The van der Waals surface area contributed by atoms with Gasteiger partial charge in [-0.2, -0.15) is 8.42 Å². The Labute approximate surface area is 210 Å². The minimum atomic E-state index is -4.04. The van der Waals surface area contributed by atoms with Crippen molar-refractivity contribution in [2.75, 3.05) is 13.2 Å². The van der Waals surface area contributed by atoms with E-state index in [9.17, 15) is 13.5 Å². The molecule has 0 radical (unpaired) electrons. The van der Waals surface area contributed by atoms with Gasteiger partial charge in [0.05, 0.1) is 18.1 Å². The summed E-state index contributed by atoms with van der Waals surface area (Å²) in [4.78, 5) is 0.0552. The van der Waals surface area contributed by atoms with E-state index in [1.807, 2.05) is 67.6 Å². The van der Waals surface area contributed by atoms with Crippen molar-refractivity contribution in [3.63, 3.8) is 0 Å². The van der Waals surface area contributed by atoms with Crippen molar-refractivity contribution in [2.24, 2.45) is 0 Å². The zero-order valence-corrected chi connectivity index (χ0v) is 20.5. The molecule has 0 aliphatic carbocycles. The van der Waals surface area contributed by atoms with E-state index in [1.54, 1.807) is 12.1 Å². The molecule has 0 aromatic heterocycles. The second-order valence-corrected chi connectivity index (χ2v) is 10.4. The molecule has 5 rings (SSSR count). The van der Waals surface area contributed by atoms with E-state index in [1.165, 1.54) is 12.1 Å². The molecule has 0 spiro atoms. The third kappa shape index (κ3) is 5.37. The number of ether oxygens (including phenoxy) is 4. The highest BCUT2D eigenvalue weighted by Gasteiger charge is 2.50. The Morgan fingerprint density at radius 3 is 1.75 bits per heavy atom. The third-order valence-corrected chi connectivity index (χ3v) is 7.53. The van der Waals surface area contributed by atoms with Crippen molar-refractivity contribution in [2.45, 2.75) is 48.8 Å². The Balaban J connectivity index is 1.42. The fourth-order valence-electron chi connectivity index (χ4n) is 4.32. The van der Waals surface area contributed by atoms with E-state index in [-0.39, 0.29) is 18.1 Å². The Morgan fingerprint density at radius 2 is 1.22 bits per heavy atom. The molecule has 0 amide bonds. The molecule has 2 heterocycles. The summed E-state index contributed by atoms with van der Waals surface area (Å²) in [7, 11) is -4.04. The lowest BCUT2D eigenvalue weighted by Crippen LogP contribution is -2.60. The number of aryl methyl sites for hydroxylation is 1. The van der Waals surface area contributed by atoms with Crippen LogP contribution < -0.4 is 0 Å². The summed E-state index contributed by atoms with van der Waals surface area (Å²) in [6, 6.07) is 25.0. The van der Waals surface area contributed by atoms with E-state index >= 15 is 0 Å². The van der Waals surface area contributed by atoms with Gasteiger partial charge in [0.1, 0.15) is 24.4 Å². The van der Waals surface area contributed by atoms with Gasteiger partial charge in [0, 0.05) is 11.1 Å². The first-order valence-electron chi connectivity index (χ1n) is 11.7. The van der Waals surface area contributed by atoms with Gasteiger partial charge in [-0.1, -0.05) is 78.4 Å². The predicted molar refractivity (Wildman–Crippen MR) is 129 cm³/mol. The number of rotatable bonds is 7. The maximum absolute atomic E-state index is 12.9. The first kappa shape index (κ1) is 25.0. The standard InChI is InChI=1S/C27H28O8S/c1-18-12-14-21(15-13-18)36(29,30)31-17-23-25-24(34-27(33-23)20-10-6-3-7-11-20)22(16-28)32-26(35-25)19-8-4-2-5-9-19/h2-15,22-28H,16-17H2,1H3/t22-,23+,24+,25+,26-,27+/m0/s1.